The average Bonchev–Trinajstić information content (AvgIpc) is 2.84. The predicted octanol–water partition coefficient (Wildman–Crippen LogP) is 5.09. The molecule has 0 bridgehead atoms. The molecule has 1 aliphatic heterocycles. The number of aromatic nitrogens is 2. The number of rotatable bonds is 8. The van der Waals surface area contributed by atoms with E-state index in [-0.39, 0.29) is 0 Å². The Morgan fingerprint density at radius 3 is 2.61 bits per heavy atom. The summed E-state index contributed by atoms with van der Waals surface area (Å²) in [6.07, 6.45) is 1.53. The van der Waals surface area contributed by atoms with Gasteiger partial charge in [0.15, 0.2) is 11.5 Å². The third-order valence-corrected chi connectivity index (χ3v) is 6.82. The Hall–Kier alpha value is -2.32. The van der Waals surface area contributed by atoms with Crippen molar-refractivity contribution in [1.82, 2.24) is 19.8 Å². The van der Waals surface area contributed by atoms with Crippen molar-refractivity contribution in [3.05, 3.63) is 46.7 Å². The third-order valence-electron chi connectivity index (χ3n) is 6.08. The van der Waals surface area contributed by atoms with Gasteiger partial charge >= 0.3 is 0 Å². The number of methoxy groups -OCH3 is 1. The number of nitrogens with zero attached hydrogens (tertiary/aromatic N) is 4. The molecule has 7 nitrogen and oxygen atoms in total. The van der Waals surface area contributed by atoms with E-state index < -0.39 is 0 Å². The van der Waals surface area contributed by atoms with E-state index in [9.17, 15) is 0 Å². The van der Waals surface area contributed by atoms with Crippen molar-refractivity contribution >= 4 is 45.6 Å². The lowest BCUT2D eigenvalue weighted by Crippen LogP contribution is -2.55. The monoisotopic (exact) mass is 489 g/mol. The third kappa shape index (κ3) is 5.44. The fraction of sp³-hybridized carbons (Fsp3) is 0.417. The maximum absolute atomic E-state index is 6.28. The first-order valence-electron chi connectivity index (χ1n) is 11.2. The SMILES string of the molecule is CCN1CCN(CC)C(COc2cc3ncnc(Nc4ccc(Cl)c(Cl)c4)c3cc2OC)C1. The Labute approximate surface area is 204 Å². The van der Waals surface area contributed by atoms with Gasteiger partial charge in [0.25, 0.3) is 0 Å². The van der Waals surface area contributed by atoms with Crippen LogP contribution in [0.25, 0.3) is 10.9 Å². The van der Waals surface area contributed by atoms with Gasteiger partial charge in [-0.2, -0.15) is 0 Å². The summed E-state index contributed by atoms with van der Waals surface area (Å²) in [5.74, 6) is 1.96. The van der Waals surface area contributed by atoms with Crippen LogP contribution in [0.3, 0.4) is 0 Å². The van der Waals surface area contributed by atoms with Crippen LogP contribution in [-0.2, 0) is 0 Å². The van der Waals surface area contributed by atoms with Crippen molar-refractivity contribution in [2.24, 2.45) is 0 Å². The number of ether oxygens (including phenoxy) is 2. The van der Waals surface area contributed by atoms with Crippen molar-refractivity contribution in [2.75, 3.05) is 51.8 Å². The topological polar surface area (TPSA) is 62.8 Å². The zero-order valence-corrected chi connectivity index (χ0v) is 20.7. The summed E-state index contributed by atoms with van der Waals surface area (Å²) >= 11 is 12.2. The first kappa shape index (κ1) is 23.8. The number of likely N-dealkylation sites (N-methyl/N-ethyl adjacent to an activating group) is 2. The number of anilines is 2. The molecule has 0 saturated carbocycles. The van der Waals surface area contributed by atoms with Crippen LogP contribution in [0.1, 0.15) is 13.8 Å². The van der Waals surface area contributed by atoms with Crippen LogP contribution in [0, 0.1) is 0 Å². The van der Waals surface area contributed by atoms with Crippen LogP contribution >= 0.6 is 23.2 Å². The molecule has 1 fully saturated rings. The minimum atomic E-state index is 0.335. The van der Waals surface area contributed by atoms with Crippen LogP contribution in [0.4, 0.5) is 11.5 Å². The molecule has 33 heavy (non-hydrogen) atoms. The molecule has 1 unspecified atom stereocenters. The Kier molecular flexibility index (Phi) is 7.75. The molecule has 1 atom stereocenters. The summed E-state index contributed by atoms with van der Waals surface area (Å²) in [4.78, 5) is 13.8. The van der Waals surface area contributed by atoms with Crippen LogP contribution < -0.4 is 14.8 Å². The van der Waals surface area contributed by atoms with Gasteiger partial charge in [-0.05, 0) is 37.4 Å². The number of benzene rings is 2. The van der Waals surface area contributed by atoms with Crippen LogP contribution in [-0.4, -0.2) is 72.3 Å². The average molecular weight is 490 g/mol. The molecule has 4 rings (SSSR count). The van der Waals surface area contributed by atoms with E-state index in [0.29, 0.717) is 40.0 Å². The van der Waals surface area contributed by atoms with E-state index in [1.807, 2.05) is 18.2 Å². The second-order valence-corrected chi connectivity index (χ2v) is 8.80. The van der Waals surface area contributed by atoms with Gasteiger partial charge in [0, 0.05) is 36.8 Å². The summed E-state index contributed by atoms with van der Waals surface area (Å²) in [5.41, 5.74) is 1.54. The minimum Gasteiger partial charge on any atom is -0.493 e. The molecule has 0 amide bonds. The Balaban J connectivity index is 1.58. The molecule has 2 heterocycles. The zero-order valence-electron chi connectivity index (χ0n) is 19.1. The summed E-state index contributed by atoms with van der Waals surface area (Å²) in [6.45, 7) is 10.2. The second kappa shape index (κ2) is 10.7. The molecule has 2 aromatic carbocycles. The number of fused-ring (bicyclic) bond motifs is 1. The molecular formula is C24H29Cl2N5O2. The Morgan fingerprint density at radius 1 is 1.03 bits per heavy atom. The van der Waals surface area contributed by atoms with Gasteiger partial charge < -0.3 is 19.7 Å². The molecule has 1 aromatic heterocycles. The predicted molar refractivity (Wildman–Crippen MR) is 134 cm³/mol. The molecule has 0 spiro atoms. The number of piperazine rings is 1. The lowest BCUT2D eigenvalue weighted by molar-refractivity contribution is 0.0520. The summed E-state index contributed by atoms with van der Waals surface area (Å²) in [6, 6.07) is 9.50. The minimum absolute atomic E-state index is 0.335. The molecule has 1 aliphatic rings. The zero-order chi connectivity index (χ0) is 23.4. The van der Waals surface area contributed by atoms with Crippen molar-refractivity contribution < 1.29 is 9.47 Å². The van der Waals surface area contributed by atoms with Gasteiger partial charge in [-0.15, -0.1) is 0 Å². The smallest absolute Gasteiger partial charge is 0.163 e. The molecule has 176 valence electrons. The van der Waals surface area contributed by atoms with E-state index in [1.165, 1.54) is 6.33 Å². The van der Waals surface area contributed by atoms with E-state index in [0.717, 1.165) is 49.3 Å². The van der Waals surface area contributed by atoms with Gasteiger partial charge in [-0.25, -0.2) is 9.97 Å². The van der Waals surface area contributed by atoms with Crippen molar-refractivity contribution in [1.29, 1.82) is 0 Å². The van der Waals surface area contributed by atoms with E-state index in [1.54, 1.807) is 19.2 Å². The van der Waals surface area contributed by atoms with Gasteiger partial charge in [-0.3, -0.25) is 4.90 Å². The number of halogens is 2. The fourth-order valence-corrected chi connectivity index (χ4v) is 4.45. The standard InChI is InChI=1S/C24H29Cl2N5O2/c1-4-30-8-9-31(5-2)17(13-30)14-33-23-12-21-18(11-22(23)32-3)24(28-15-27-21)29-16-6-7-19(25)20(26)10-16/h6-7,10-12,15,17H,4-5,8-9,13-14H2,1-3H3,(H,27,28,29). The quantitative estimate of drug-likeness (QED) is 0.472. The Morgan fingerprint density at radius 2 is 1.88 bits per heavy atom. The highest BCUT2D eigenvalue weighted by molar-refractivity contribution is 6.42. The van der Waals surface area contributed by atoms with Gasteiger partial charge in [0.1, 0.15) is 18.8 Å². The Bertz CT molecular complexity index is 1110. The highest BCUT2D eigenvalue weighted by atomic mass is 35.5. The first-order valence-corrected chi connectivity index (χ1v) is 11.9. The maximum atomic E-state index is 6.28. The van der Waals surface area contributed by atoms with E-state index in [2.05, 4.69) is 38.9 Å². The summed E-state index contributed by atoms with van der Waals surface area (Å²) in [7, 11) is 1.64. The van der Waals surface area contributed by atoms with Crippen molar-refractivity contribution in [3.8, 4) is 11.5 Å². The van der Waals surface area contributed by atoms with Gasteiger partial charge in [-0.1, -0.05) is 37.0 Å². The van der Waals surface area contributed by atoms with E-state index in [4.69, 9.17) is 32.7 Å². The molecule has 9 heteroatoms. The molecule has 1 saturated heterocycles. The van der Waals surface area contributed by atoms with Crippen LogP contribution in [0.15, 0.2) is 36.7 Å². The van der Waals surface area contributed by atoms with Gasteiger partial charge in [0.05, 0.1) is 28.7 Å². The van der Waals surface area contributed by atoms with Crippen LogP contribution in [0.5, 0.6) is 11.5 Å². The first-order chi connectivity index (χ1) is 16.0. The summed E-state index contributed by atoms with van der Waals surface area (Å²) in [5, 5.41) is 5.08. The second-order valence-electron chi connectivity index (χ2n) is 7.98. The van der Waals surface area contributed by atoms with E-state index >= 15 is 0 Å². The lowest BCUT2D eigenvalue weighted by atomic mass is 10.1. The highest BCUT2D eigenvalue weighted by Crippen LogP contribution is 2.35. The number of hydrogen-bond donors (Lipinski definition) is 1. The maximum Gasteiger partial charge on any atom is 0.163 e. The molecule has 0 radical (unpaired) electrons. The van der Waals surface area contributed by atoms with Crippen molar-refractivity contribution in [2.45, 2.75) is 19.9 Å². The lowest BCUT2D eigenvalue weighted by Gasteiger charge is -2.40. The fourth-order valence-electron chi connectivity index (χ4n) is 4.15. The summed E-state index contributed by atoms with van der Waals surface area (Å²) < 4.78 is 11.9. The molecule has 3 aromatic rings. The molecule has 1 N–H and O–H groups in total. The largest absolute Gasteiger partial charge is 0.493 e. The number of nitrogens with one attached hydrogen (secondary N) is 1. The number of hydrogen-bond acceptors (Lipinski definition) is 7. The van der Waals surface area contributed by atoms with Crippen molar-refractivity contribution in [3.63, 3.8) is 0 Å². The molecular weight excluding hydrogens is 461 g/mol. The normalized spacial score (nSPS) is 17.3. The highest BCUT2D eigenvalue weighted by Gasteiger charge is 2.26. The van der Waals surface area contributed by atoms with Gasteiger partial charge in [0.2, 0.25) is 0 Å². The molecule has 0 aliphatic carbocycles. The van der Waals surface area contributed by atoms with Crippen LogP contribution in [0.2, 0.25) is 10.0 Å².